The van der Waals surface area contributed by atoms with Gasteiger partial charge in [0.1, 0.15) is 0 Å². The molecule has 0 radical (unpaired) electrons. The van der Waals surface area contributed by atoms with Crippen molar-refractivity contribution in [3.63, 3.8) is 0 Å². The molecule has 0 aromatic rings. The second-order valence-corrected chi connectivity index (χ2v) is 2.61. The Bertz CT molecular complexity index is 110. The molecule has 0 heterocycles. The Kier molecular flexibility index (Phi) is 3.79. The first-order valence-electron chi connectivity index (χ1n) is 3.24. The fraction of sp³-hybridized carbons (Fsp3) is 0.833. The predicted octanol–water partition coefficient (Wildman–Crippen LogP) is -0.627. The summed E-state index contributed by atoms with van der Waals surface area (Å²) in [6, 6.07) is 0. The van der Waals surface area contributed by atoms with Crippen LogP contribution in [0.25, 0.3) is 0 Å². The van der Waals surface area contributed by atoms with E-state index in [9.17, 15) is 0 Å². The lowest BCUT2D eigenvalue weighted by molar-refractivity contribution is 0.354. The van der Waals surface area contributed by atoms with Gasteiger partial charge in [-0.25, -0.2) is 0 Å². The molecule has 0 aromatic heterocycles. The van der Waals surface area contributed by atoms with Gasteiger partial charge in [-0.1, -0.05) is 0 Å². The van der Waals surface area contributed by atoms with Gasteiger partial charge < -0.3 is 15.5 Å². The number of nitrogens with two attached hydrogens (primary N) is 1. The van der Waals surface area contributed by atoms with E-state index in [0.717, 1.165) is 13.1 Å². The zero-order valence-corrected chi connectivity index (χ0v) is 6.89. The van der Waals surface area contributed by atoms with E-state index in [0.29, 0.717) is 0 Å². The van der Waals surface area contributed by atoms with Crippen molar-refractivity contribution in [2.45, 2.75) is 0 Å². The topological polar surface area (TPSA) is 56.4 Å². The molecular formula is C6H16N4. The van der Waals surface area contributed by atoms with E-state index in [-0.39, 0.29) is 5.96 Å². The average molecular weight is 144 g/mol. The molecule has 3 N–H and O–H groups in total. The largest absolute Gasteiger partial charge is 0.370 e. The maximum atomic E-state index is 7.03. The van der Waals surface area contributed by atoms with Crippen molar-refractivity contribution in [3.05, 3.63) is 0 Å². The number of guanidine groups is 1. The van der Waals surface area contributed by atoms with Crippen molar-refractivity contribution >= 4 is 5.96 Å². The minimum atomic E-state index is 0.127. The minimum absolute atomic E-state index is 0.127. The van der Waals surface area contributed by atoms with Crippen LogP contribution in [0.2, 0.25) is 0 Å². The number of likely N-dealkylation sites (N-methyl/N-ethyl adjacent to an activating group) is 2. The van der Waals surface area contributed by atoms with Crippen molar-refractivity contribution in [2.24, 2.45) is 5.73 Å². The zero-order valence-electron chi connectivity index (χ0n) is 6.89. The molecule has 0 aliphatic rings. The Morgan fingerprint density at radius 1 is 1.30 bits per heavy atom. The van der Waals surface area contributed by atoms with Gasteiger partial charge in [-0.3, -0.25) is 5.41 Å². The van der Waals surface area contributed by atoms with Crippen molar-refractivity contribution < 1.29 is 0 Å². The maximum Gasteiger partial charge on any atom is 0.188 e. The zero-order chi connectivity index (χ0) is 8.15. The Morgan fingerprint density at radius 3 is 2.10 bits per heavy atom. The summed E-state index contributed by atoms with van der Waals surface area (Å²) in [5, 5.41) is 7.03. The van der Waals surface area contributed by atoms with Crippen molar-refractivity contribution in [1.29, 1.82) is 5.41 Å². The molecular weight excluding hydrogens is 128 g/mol. The standard InChI is InChI=1S/C6H16N4/c1-9(2)4-5-10(3)6(7)8/h4-5H2,1-3H3,(H3,7,8). The Balaban J connectivity index is 3.40. The van der Waals surface area contributed by atoms with E-state index in [1.54, 1.807) is 4.90 Å². The van der Waals surface area contributed by atoms with E-state index < -0.39 is 0 Å². The third-order valence-corrected chi connectivity index (χ3v) is 1.29. The van der Waals surface area contributed by atoms with Crippen LogP contribution in [0.5, 0.6) is 0 Å². The third kappa shape index (κ3) is 4.14. The summed E-state index contributed by atoms with van der Waals surface area (Å²) >= 11 is 0. The fourth-order valence-corrected chi connectivity index (χ4v) is 0.470. The first kappa shape index (κ1) is 9.23. The smallest absolute Gasteiger partial charge is 0.188 e. The lowest BCUT2D eigenvalue weighted by Gasteiger charge is -2.18. The molecule has 60 valence electrons. The first-order valence-corrected chi connectivity index (χ1v) is 3.24. The molecule has 0 spiro atoms. The lowest BCUT2D eigenvalue weighted by Crippen LogP contribution is -2.37. The molecule has 0 saturated carbocycles. The summed E-state index contributed by atoms with van der Waals surface area (Å²) in [7, 11) is 5.80. The molecule has 0 aliphatic carbocycles. The van der Waals surface area contributed by atoms with Gasteiger partial charge in [-0.15, -0.1) is 0 Å². The van der Waals surface area contributed by atoms with E-state index in [1.165, 1.54) is 0 Å². The molecule has 4 nitrogen and oxygen atoms in total. The molecule has 0 unspecified atom stereocenters. The highest BCUT2D eigenvalue weighted by atomic mass is 15.2. The summed E-state index contributed by atoms with van der Waals surface area (Å²) in [6.45, 7) is 1.73. The van der Waals surface area contributed by atoms with Gasteiger partial charge in [0.25, 0.3) is 0 Å². The van der Waals surface area contributed by atoms with Crippen LogP contribution in [0.3, 0.4) is 0 Å². The number of hydrogen-bond acceptors (Lipinski definition) is 2. The highest BCUT2D eigenvalue weighted by Crippen LogP contribution is 1.80. The molecule has 0 aromatic carbocycles. The monoisotopic (exact) mass is 144 g/mol. The van der Waals surface area contributed by atoms with Crippen LogP contribution >= 0.6 is 0 Å². The minimum Gasteiger partial charge on any atom is -0.370 e. The average Bonchev–Trinajstić information content (AvgIpc) is 1.82. The van der Waals surface area contributed by atoms with Crippen LogP contribution in [0.1, 0.15) is 0 Å². The number of rotatable bonds is 3. The second-order valence-electron chi connectivity index (χ2n) is 2.61. The van der Waals surface area contributed by atoms with Gasteiger partial charge in [0.2, 0.25) is 0 Å². The molecule has 0 rings (SSSR count). The molecule has 10 heavy (non-hydrogen) atoms. The van der Waals surface area contributed by atoms with E-state index in [4.69, 9.17) is 11.1 Å². The van der Waals surface area contributed by atoms with Gasteiger partial charge in [0.15, 0.2) is 5.96 Å². The summed E-state index contributed by atoms with van der Waals surface area (Å²) in [6.07, 6.45) is 0. The van der Waals surface area contributed by atoms with E-state index in [2.05, 4.69) is 4.90 Å². The lowest BCUT2D eigenvalue weighted by atomic mass is 10.5. The van der Waals surface area contributed by atoms with Crippen LogP contribution < -0.4 is 5.73 Å². The van der Waals surface area contributed by atoms with Gasteiger partial charge in [-0.2, -0.15) is 0 Å². The van der Waals surface area contributed by atoms with Crippen molar-refractivity contribution in [1.82, 2.24) is 9.80 Å². The molecule has 4 heteroatoms. The summed E-state index contributed by atoms with van der Waals surface area (Å²) in [5.74, 6) is 0.127. The Hall–Kier alpha value is -0.770. The van der Waals surface area contributed by atoms with Gasteiger partial charge >= 0.3 is 0 Å². The van der Waals surface area contributed by atoms with Crippen molar-refractivity contribution in [2.75, 3.05) is 34.2 Å². The summed E-state index contributed by atoms with van der Waals surface area (Å²) in [4.78, 5) is 3.76. The Labute approximate surface area is 62.1 Å². The predicted molar refractivity (Wildman–Crippen MR) is 43.1 cm³/mol. The SMILES string of the molecule is CN(C)CCN(C)C(=N)N. The first-order chi connectivity index (χ1) is 4.54. The van der Waals surface area contributed by atoms with Gasteiger partial charge in [-0.05, 0) is 14.1 Å². The molecule has 0 amide bonds. The molecule has 0 atom stereocenters. The molecule has 0 fully saturated rings. The van der Waals surface area contributed by atoms with Gasteiger partial charge in [0.05, 0.1) is 0 Å². The van der Waals surface area contributed by atoms with E-state index in [1.807, 2.05) is 21.1 Å². The number of nitrogens with zero attached hydrogens (tertiary/aromatic N) is 2. The fourth-order valence-electron chi connectivity index (χ4n) is 0.470. The quantitative estimate of drug-likeness (QED) is 0.410. The molecule has 0 saturated heterocycles. The van der Waals surface area contributed by atoms with Crippen LogP contribution in [0, 0.1) is 5.41 Å². The van der Waals surface area contributed by atoms with Crippen LogP contribution in [-0.2, 0) is 0 Å². The second kappa shape index (κ2) is 4.11. The maximum absolute atomic E-state index is 7.03. The van der Waals surface area contributed by atoms with Crippen LogP contribution in [0.15, 0.2) is 0 Å². The highest BCUT2D eigenvalue weighted by Gasteiger charge is 1.98. The van der Waals surface area contributed by atoms with Crippen LogP contribution in [0.4, 0.5) is 0 Å². The third-order valence-electron chi connectivity index (χ3n) is 1.29. The number of nitrogens with one attached hydrogen (secondary N) is 1. The molecule has 0 bridgehead atoms. The van der Waals surface area contributed by atoms with Gasteiger partial charge in [0, 0.05) is 20.1 Å². The molecule has 0 aliphatic heterocycles. The summed E-state index contributed by atoms with van der Waals surface area (Å²) in [5.41, 5.74) is 5.21. The highest BCUT2D eigenvalue weighted by molar-refractivity contribution is 5.74. The van der Waals surface area contributed by atoms with Crippen LogP contribution in [-0.4, -0.2) is 50.0 Å². The van der Waals surface area contributed by atoms with Crippen molar-refractivity contribution in [3.8, 4) is 0 Å². The van der Waals surface area contributed by atoms with E-state index >= 15 is 0 Å². The normalized spacial score (nSPS) is 10.0. The Morgan fingerprint density at radius 2 is 1.80 bits per heavy atom. The number of hydrogen-bond donors (Lipinski definition) is 2. The summed E-state index contributed by atoms with van der Waals surface area (Å²) < 4.78 is 0.